The van der Waals surface area contributed by atoms with Gasteiger partial charge in [-0.05, 0) is 37.1 Å². The monoisotopic (exact) mass is 298 g/mol. The molecule has 1 aromatic carbocycles. The maximum atomic E-state index is 12.2. The molecule has 1 aliphatic carbocycles. The fraction of sp³-hybridized carbons (Fsp3) is 0.353. The third-order valence-electron chi connectivity index (χ3n) is 4.14. The van der Waals surface area contributed by atoms with E-state index in [9.17, 15) is 14.4 Å². The van der Waals surface area contributed by atoms with E-state index >= 15 is 0 Å². The van der Waals surface area contributed by atoms with Gasteiger partial charge in [-0.3, -0.25) is 14.4 Å². The maximum Gasteiger partial charge on any atom is 0.258 e. The predicted octanol–water partition coefficient (Wildman–Crippen LogP) is 2.18. The number of benzene rings is 1. The first-order valence-corrected chi connectivity index (χ1v) is 7.62. The third-order valence-corrected chi connectivity index (χ3v) is 4.14. The first kappa shape index (κ1) is 14.5. The zero-order valence-electron chi connectivity index (χ0n) is 12.2. The molecule has 1 saturated carbocycles. The quantitative estimate of drug-likeness (QED) is 0.870. The first-order valence-electron chi connectivity index (χ1n) is 7.62. The highest BCUT2D eigenvalue weighted by Crippen LogP contribution is 2.21. The minimum atomic E-state index is -0.357. The van der Waals surface area contributed by atoms with Crippen LogP contribution < -0.4 is 10.2 Å². The Kier molecular flexibility index (Phi) is 4.04. The molecule has 5 heteroatoms. The Morgan fingerprint density at radius 3 is 2.14 bits per heavy atom. The molecule has 0 bridgehead atoms. The zero-order valence-corrected chi connectivity index (χ0v) is 12.2. The van der Waals surface area contributed by atoms with Crippen LogP contribution in [0.25, 0.3) is 0 Å². The largest absolute Gasteiger partial charge is 0.349 e. The number of rotatable bonds is 3. The topological polar surface area (TPSA) is 66.5 Å². The van der Waals surface area contributed by atoms with Gasteiger partial charge in [-0.15, -0.1) is 0 Å². The molecule has 0 saturated heterocycles. The van der Waals surface area contributed by atoms with Crippen molar-refractivity contribution in [2.45, 2.75) is 38.1 Å². The van der Waals surface area contributed by atoms with Crippen LogP contribution in [0.15, 0.2) is 36.4 Å². The van der Waals surface area contributed by atoms with Crippen LogP contribution in [-0.2, 0) is 9.59 Å². The lowest BCUT2D eigenvalue weighted by Gasteiger charge is -2.22. The highest BCUT2D eigenvalue weighted by atomic mass is 16.2. The van der Waals surface area contributed by atoms with Gasteiger partial charge in [-0.25, -0.2) is 4.90 Å². The van der Waals surface area contributed by atoms with Crippen LogP contribution in [0.3, 0.4) is 0 Å². The Bertz CT molecular complexity index is 610. The first-order chi connectivity index (χ1) is 10.6. The molecule has 1 heterocycles. The van der Waals surface area contributed by atoms with E-state index < -0.39 is 0 Å². The summed E-state index contributed by atoms with van der Waals surface area (Å²) in [5, 5.41) is 3.04. The van der Waals surface area contributed by atoms with Gasteiger partial charge >= 0.3 is 0 Å². The summed E-state index contributed by atoms with van der Waals surface area (Å²) in [7, 11) is 0. The molecular formula is C17H18N2O3. The van der Waals surface area contributed by atoms with E-state index in [2.05, 4.69) is 5.32 Å². The van der Waals surface area contributed by atoms with Crippen molar-refractivity contribution >= 4 is 23.4 Å². The van der Waals surface area contributed by atoms with E-state index in [0.717, 1.165) is 30.6 Å². The van der Waals surface area contributed by atoms with E-state index in [1.54, 1.807) is 24.3 Å². The molecule has 3 rings (SSSR count). The van der Waals surface area contributed by atoms with Crippen molar-refractivity contribution in [1.29, 1.82) is 0 Å². The Labute approximate surface area is 129 Å². The number of nitrogens with zero attached hydrogens (tertiary/aromatic N) is 1. The zero-order chi connectivity index (χ0) is 15.5. The lowest BCUT2D eigenvalue weighted by atomic mass is 9.95. The van der Waals surface area contributed by atoms with Gasteiger partial charge in [0, 0.05) is 23.8 Å². The average molecular weight is 298 g/mol. The van der Waals surface area contributed by atoms with Crippen molar-refractivity contribution in [3.63, 3.8) is 0 Å². The molecule has 3 amide bonds. The van der Waals surface area contributed by atoms with Crippen LogP contribution in [0.1, 0.15) is 42.5 Å². The van der Waals surface area contributed by atoms with E-state index in [-0.39, 0.29) is 23.8 Å². The van der Waals surface area contributed by atoms with Gasteiger partial charge in [-0.2, -0.15) is 0 Å². The summed E-state index contributed by atoms with van der Waals surface area (Å²) in [5.74, 6) is -0.815. The summed E-state index contributed by atoms with van der Waals surface area (Å²) in [4.78, 5) is 36.5. The van der Waals surface area contributed by atoms with Crippen molar-refractivity contribution in [2.75, 3.05) is 4.90 Å². The van der Waals surface area contributed by atoms with Crippen LogP contribution in [0.5, 0.6) is 0 Å². The number of carbonyl (C=O) groups excluding carboxylic acids is 3. The number of nitrogens with one attached hydrogen (secondary N) is 1. The number of amides is 3. The summed E-state index contributed by atoms with van der Waals surface area (Å²) in [6.45, 7) is 0. The van der Waals surface area contributed by atoms with Gasteiger partial charge in [0.1, 0.15) is 0 Å². The van der Waals surface area contributed by atoms with Crippen LogP contribution >= 0.6 is 0 Å². The van der Waals surface area contributed by atoms with Crippen molar-refractivity contribution in [3.8, 4) is 0 Å². The second-order valence-corrected chi connectivity index (χ2v) is 5.70. The molecule has 0 unspecified atom stereocenters. The Hall–Kier alpha value is -2.43. The minimum Gasteiger partial charge on any atom is -0.349 e. The SMILES string of the molecule is O=C(NC1CCCCC1)c1ccc(N2C(=O)C=CC2=O)cc1. The summed E-state index contributed by atoms with van der Waals surface area (Å²) < 4.78 is 0. The van der Waals surface area contributed by atoms with Crippen molar-refractivity contribution in [1.82, 2.24) is 5.32 Å². The van der Waals surface area contributed by atoms with Crippen LogP contribution in [0, 0.1) is 0 Å². The highest BCUT2D eigenvalue weighted by molar-refractivity contribution is 6.28. The molecule has 22 heavy (non-hydrogen) atoms. The predicted molar refractivity (Wildman–Crippen MR) is 82.4 cm³/mol. The van der Waals surface area contributed by atoms with Crippen LogP contribution in [-0.4, -0.2) is 23.8 Å². The van der Waals surface area contributed by atoms with Crippen molar-refractivity contribution in [3.05, 3.63) is 42.0 Å². The molecule has 114 valence electrons. The van der Waals surface area contributed by atoms with Gasteiger partial charge in [0.2, 0.25) is 0 Å². The van der Waals surface area contributed by atoms with Gasteiger partial charge in [0.05, 0.1) is 5.69 Å². The second kappa shape index (κ2) is 6.13. The van der Waals surface area contributed by atoms with Crippen LogP contribution in [0.2, 0.25) is 0 Å². The molecule has 1 N–H and O–H groups in total. The van der Waals surface area contributed by atoms with Gasteiger partial charge in [0.25, 0.3) is 17.7 Å². The summed E-state index contributed by atoms with van der Waals surface area (Å²) in [5.41, 5.74) is 1.02. The molecule has 1 aliphatic heterocycles. The Morgan fingerprint density at radius 1 is 0.955 bits per heavy atom. The molecule has 0 aromatic heterocycles. The van der Waals surface area contributed by atoms with Gasteiger partial charge < -0.3 is 5.32 Å². The number of anilines is 1. The molecule has 5 nitrogen and oxygen atoms in total. The molecule has 2 aliphatic rings. The second-order valence-electron chi connectivity index (χ2n) is 5.70. The highest BCUT2D eigenvalue weighted by Gasteiger charge is 2.25. The van der Waals surface area contributed by atoms with E-state index in [0.29, 0.717) is 11.3 Å². The Morgan fingerprint density at radius 2 is 1.55 bits per heavy atom. The number of carbonyl (C=O) groups is 3. The fourth-order valence-corrected chi connectivity index (χ4v) is 2.93. The summed E-state index contributed by atoms with van der Waals surface area (Å²) in [6.07, 6.45) is 8.12. The molecular weight excluding hydrogens is 280 g/mol. The molecule has 1 fully saturated rings. The summed E-state index contributed by atoms with van der Waals surface area (Å²) >= 11 is 0. The third kappa shape index (κ3) is 2.93. The fourth-order valence-electron chi connectivity index (χ4n) is 2.93. The normalized spacial score (nSPS) is 18.8. The van der Waals surface area contributed by atoms with E-state index in [4.69, 9.17) is 0 Å². The minimum absolute atomic E-state index is 0.101. The maximum absolute atomic E-state index is 12.2. The number of hydrogen-bond donors (Lipinski definition) is 1. The van der Waals surface area contributed by atoms with Crippen molar-refractivity contribution in [2.24, 2.45) is 0 Å². The van der Waals surface area contributed by atoms with Gasteiger partial charge in [-0.1, -0.05) is 19.3 Å². The van der Waals surface area contributed by atoms with E-state index in [1.807, 2.05) is 0 Å². The molecule has 0 spiro atoms. The number of hydrogen-bond acceptors (Lipinski definition) is 3. The summed E-state index contributed by atoms with van der Waals surface area (Å²) in [6, 6.07) is 6.79. The molecule has 0 radical (unpaired) electrons. The van der Waals surface area contributed by atoms with Crippen LogP contribution in [0.4, 0.5) is 5.69 Å². The standard InChI is InChI=1S/C17H18N2O3/c20-15-10-11-16(21)19(15)14-8-6-12(7-9-14)17(22)18-13-4-2-1-3-5-13/h6-11,13H,1-5H2,(H,18,22). The smallest absolute Gasteiger partial charge is 0.258 e. The lowest BCUT2D eigenvalue weighted by molar-refractivity contribution is -0.119. The van der Waals surface area contributed by atoms with Gasteiger partial charge in [0.15, 0.2) is 0 Å². The molecule has 1 aromatic rings. The molecule has 0 atom stereocenters. The number of imide groups is 1. The lowest BCUT2D eigenvalue weighted by Crippen LogP contribution is -2.36. The Balaban J connectivity index is 1.67. The van der Waals surface area contributed by atoms with E-state index in [1.165, 1.54) is 18.6 Å². The van der Waals surface area contributed by atoms with Crippen molar-refractivity contribution < 1.29 is 14.4 Å². The average Bonchev–Trinajstić information content (AvgIpc) is 2.87.